The molecule has 1 aromatic heterocycles. The van der Waals surface area contributed by atoms with Gasteiger partial charge in [-0.3, -0.25) is 4.79 Å². The number of aryl methyl sites for hydroxylation is 2. The van der Waals surface area contributed by atoms with Gasteiger partial charge < -0.3 is 14.2 Å². The van der Waals surface area contributed by atoms with Crippen molar-refractivity contribution in [2.24, 2.45) is 5.92 Å². The maximum atomic E-state index is 13.0. The molecular weight excluding hydrogens is 374 g/mol. The number of benzene rings is 2. The third-order valence-electron chi connectivity index (χ3n) is 6.08. The van der Waals surface area contributed by atoms with Gasteiger partial charge in [0, 0.05) is 38.2 Å². The molecule has 0 aliphatic carbocycles. The number of amides is 1. The minimum Gasteiger partial charge on any atom is -0.441 e. The zero-order chi connectivity index (χ0) is 21.1. The number of likely N-dealkylation sites (tertiary alicyclic amines) is 1. The first-order valence-corrected chi connectivity index (χ1v) is 10.9. The van der Waals surface area contributed by atoms with Crippen molar-refractivity contribution in [1.29, 1.82) is 0 Å². The van der Waals surface area contributed by atoms with Crippen molar-refractivity contribution in [2.45, 2.75) is 39.2 Å². The van der Waals surface area contributed by atoms with Crippen molar-refractivity contribution in [1.82, 2.24) is 14.8 Å². The van der Waals surface area contributed by atoms with E-state index in [1.165, 1.54) is 5.56 Å². The van der Waals surface area contributed by atoms with E-state index in [9.17, 15) is 4.79 Å². The van der Waals surface area contributed by atoms with Crippen molar-refractivity contribution in [2.75, 3.05) is 26.7 Å². The van der Waals surface area contributed by atoms with Gasteiger partial charge >= 0.3 is 0 Å². The number of hydrogen-bond donors (Lipinski definition) is 0. The SMILES string of the molecule is CC(C)N1CCC(CN(C)C(=O)c2ccc3oc(CCc4ccccc4)nc3c2)C1. The fourth-order valence-electron chi connectivity index (χ4n) is 4.28. The average Bonchev–Trinajstić information content (AvgIpc) is 3.38. The van der Waals surface area contributed by atoms with Crippen molar-refractivity contribution < 1.29 is 9.21 Å². The Kier molecular flexibility index (Phi) is 6.18. The Morgan fingerprint density at radius 2 is 2.00 bits per heavy atom. The summed E-state index contributed by atoms with van der Waals surface area (Å²) in [6.45, 7) is 7.46. The molecule has 1 amide bonds. The van der Waals surface area contributed by atoms with Crippen LogP contribution in [0.2, 0.25) is 0 Å². The van der Waals surface area contributed by atoms with Crippen LogP contribution in [0.5, 0.6) is 0 Å². The lowest BCUT2D eigenvalue weighted by Gasteiger charge is -2.23. The van der Waals surface area contributed by atoms with Crippen LogP contribution in [0.4, 0.5) is 0 Å². The molecule has 5 nitrogen and oxygen atoms in total. The van der Waals surface area contributed by atoms with E-state index in [1.807, 2.05) is 48.3 Å². The minimum absolute atomic E-state index is 0.0498. The summed E-state index contributed by atoms with van der Waals surface area (Å²) >= 11 is 0. The number of fused-ring (bicyclic) bond motifs is 1. The van der Waals surface area contributed by atoms with E-state index in [4.69, 9.17) is 4.42 Å². The Bertz CT molecular complexity index is 996. The summed E-state index contributed by atoms with van der Waals surface area (Å²) in [4.78, 5) is 21.9. The normalized spacial score (nSPS) is 17.1. The molecule has 1 atom stereocenters. The molecule has 1 unspecified atom stereocenters. The van der Waals surface area contributed by atoms with E-state index in [0.29, 0.717) is 23.4 Å². The van der Waals surface area contributed by atoms with Gasteiger partial charge in [0.1, 0.15) is 5.52 Å². The van der Waals surface area contributed by atoms with Gasteiger partial charge in [0.05, 0.1) is 0 Å². The molecule has 0 radical (unpaired) electrons. The minimum atomic E-state index is 0.0498. The third-order valence-corrected chi connectivity index (χ3v) is 6.08. The molecular formula is C25H31N3O2. The molecule has 1 saturated heterocycles. The molecule has 1 fully saturated rings. The van der Waals surface area contributed by atoms with Gasteiger partial charge in [-0.05, 0) is 62.9 Å². The van der Waals surface area contributed by atoms with E-state index >= 15 is 0 Å². The number of hydrogen-bond acceptors (Lipinski definition) is 4. The summed E-state index contributed by atoms with van der Waals surface area (Å²) in [5, 5.41) is 0. The van der Waals surface area contributed by atoms with E-state index in [2.05, 4.69) is 35.9 Å². The molecule has 0 N–H and O–H groups in total. The van der Waals surface area contributed by atoms with Gasteiger partial charge in [0.15, 0.2) is 11.5 Å². The van der Waals surface area contributed by atoms with Gasteiger partial charge in [-0.2, -0.15) is 0 Å². The van der Waals surface area contributed by atoms with E-state index in [-0.39, 0.29) is 5.91 Å². The Hall–Kier alpha value is -2.66. The number of oxazole rings is 1. The molecule has 0 spiro atoms. The predicted octanol–water partition coefficient (Wildman–Crippen LogP) is 4.42. The van der Waals surface area contributed by atoms with Gasteiger partial charge in [0.25, 0.3) is 5.91 Å². The van der Waals surface area contributed by atoms with Gasteiger partial charge in [0.2, 0.25) is 0 Å². The van der Waals surface area contributed by atoms with Crippen molar-refractivity contribution in [3.8, 4) is 0 Å². The molecule has 0 bridgehead atoms. The van der Waals surface area contributed by atoms with Crippen molar-refractivity contribution in [3.05, 3.63) is 65.5 Å². The number of carbonyl (C=O) groups excluding carboxylic acids is 1. The summed E-state index contributed by atoms with van der Waals surface area (Å²) < 4.78 is 5.89. The molecule has 0 saturated carbocycles. The molecule has 1 aliphatic heterocycles. The summed E-state index contributed by atoms with van der Waals surface area (Å²) in [5.74, 6) is 1.31. The fraction of sp³-hybridized carbons (Fsp3) is 0.440. The molecule has 2 heterocycles. The Balaban J connectivity index is 1.39. The Morgan fingerprint density at radius 3 is 2.73 bits per heavy atom. The summed E-state index contributed by atoms with van der Waals surface area (Å²) in [7, 11) is 1.90. The van der Waals surface area contributed by atoms with E-state index in [0.717, 1.165) is 50.0 Å². The summed E-state index contributed by atoms with van der Waals surface area (Å²) in [6.07, 6.45) is 2.79. The number of rotatable bonds is 7. The van der Waals surface area contributed by atoms with Crippen LogP contribution in [0.15, 0.2) is 52.9 Å². The highest BCUT2D eigenvalue weighted by molar-refractivity contribution is 5.97. The zero-order valence-electron chi connectivity index (χ0n) is 18.2. The number of carbonyl (C=O) groups is 1. The second-order valence-corrected chi connectivity index (χ2v) is 8.70. The van der Waals surface area contributed by atoms with E-state index < -0.39 is 0 Å². The standard InChI is InChI=1S/C25H31N3O2/c1-18(2)28-14-13-20(17-28)16-27(3)25(29)21-10-11-23-22(15-21)26-24(30-23)12-9-19-7-5-4-6-8-19/h4-8,10-11,15,18,20H,9,12-14,16-17H2,1-3H3. The van der Waals surface area contributed by atoms with Gasteiger partial charge in [-0.1, -0.05) is 30.3 Å². The highest BCUT2D eigenvalue weighted by Crippen LogP contribution is 2.22. The van der Waals surface area contributed by atoms with Crippen molar-refractivity contribution >= 4 is 17.0 Å². The van der Waals surface area contributed by atoms with Crippen LogP contribution >= 0.6 is 0 Å². The molecule has 3 aromatic rings. The highest BCUT2D eigenvalue weighted by Gasteiger charge is 2.26. The Labute approximate surface area is 178 Å². The maximum absolute atomic E-state index is 13.0. The molecule has 4 rings (SSSR count). The fourth-order valence-corrected chi connectivity index (χ4v) is 4.28. The van der Waals surface area contributed by atoms with Gasteiger partial charge in [-0.15, -0.1) is 0 Å². The van der Waals surface area contributed by atoms with Crippen LogP contribution in [0.25, 0.3) is 11.1 Å². The molecule has 2 aromatic carbocycles. The quantitative estimate of drug-likeness (QED) is 0.584. The molecule has 1 aliphatic rings. The second-order valence-electron chi connectivity index (χ2n) is 8.70. The van der Waals surface area contributed by atoms with Crippen molar-refractivity contribution in [3.63, 3.8) is 0 Å². The maximum Gasteiger partial charge on any atom is 0.253 e. The first-order valence-electron chi connectivity index (χ1n) is 10.9. The topological polar surface area (TPSA) is 49.6 Å². The highest BCUT2D eigenvalue weighted by atomic mass is 16.3. The first kappa shape index (κ1) is 20.6. The van der Waals surface area contributed by atoms with Crippen LogP contribution in [0, 0.1) is 5.92 Å². The van der Waals surface area contributed by atoms with Crippen LogP contribution in [-0.4, -0.2) is 53.4 Å². The second kappa shape index (κ2) is 9.00. The molecule has 158 valence electrons. The predicted molar refractivity (Wildman–Crippen MR) is 120 cm³/mol. The molecule has 5 heteroatoms. The van der Waals surface area contributed by atoms with Crippen LogP contribution < -0.4 is 0 Å². The van der Waals surface area contributed by atoms with Crippen LogP contribution in [0.3, 0.4) is 0 Å². The lowest BCUT2D eigenvalue weighted by Crippen LogP contribution is -2.34. The third kappa shape index (κ3) is 4.73. The monoisotopic (exact) mass is 405 g/mol. The summed E-state index contributed by atoms with van der Waals surface area (Å²) in [5.41, 5.74) is 3.43. The summed E-state index contributed by atoms with van der Waals surface area (Å²) in [6, 6.07) is 16.5. The molecule has 30 heavy (non-hydrogen) atoms. The number of nitrogens with zero attached hydrogens (tertiary/aromatic N) is 3. The smallest absolute Gasteiger partial charge is 0.253 e. The number of aromatic nitrogens is 1. The van der Waals surface area contributed by atoms with Crippen LogP contribution in [-0.2, 0) is 12.8 Å². The first-order chi connectivity index (χ1) is 14.5. The Morgan fingerprint density at radius 1 is 1.20 bits per heavy atom. The largest absolute Gasteiger partial charge is 0.441 e. The van der Waals surface area contributed by atoms with Gasteiger partial charge in [-0.25, -0.2) is 4.98 Å². The van der Waals surface area contributed by atoms with E-state index in [1.54, 1.807) is 0 Å². The lowest BCUT2D eigenvalue weighted by atomic mass is 10.1. The lowest BCUT2D eigenvalue weighted by molar-refractivity contribution is 0.0772. The zero-order valence-corrected chi connectivity index (χ0v) is 18.2. The van der Waals surface area contributed by atoms with Crippen LogP contribution in [0.1, 0.15) is 42.1 Å². The average molecular weight is 406 g/mol.